The minimum atomic E-state index is 0.620. The van der Waals surface area contributed by atoms with E-state index in [9.17, 15) is 0 Å². The Hall–Kier alpha value is -1.09. The highest BCUT2D eigenvalue weighted by Crippen LogP contribution is 2.16. The summed E-state index contributed by atoms with van der Waals surface area (Å²) in [5, 5.41) is 3.40. The van der Waals surface area contributed by atoms with Gasteiger partial charge in [-0.25, -0.2) is 4.98 Å². The minimum Gasteiger partial charge on any atom is -0.370 e. The first-order valence-corrected chi connectivity index (χ1v) is 7.07. The van der Waals surface area contributed by atoms with Crippen LogP contribution in [0, 0.1) is 0 Å². The third-order valence-electron chi connectivity index (χ3n) is 3.31. The summed E-state index contributed by atoms with van der Waals surface area (Å²) in [6.45, 7) is 8.64. The van der Waals surface area contributed by atoms with E-state index in [1.807, 2.05) is 12.3 Å². The molecule has 1 aromatic rings. The van der Waals surface area contributed by atoms with Crippen molar-refractivity contribution in [3.05, 3.63) is 23.9 Å². The van der Waals surface area contributed by atoms with Gasteiger partial charge in [-0.2, -0.15) is 0 Å². The lowest BCUT2D eigenvalue weighted by Crippen LogP contribution is -2.28. The maximum atomic E-state index is 4.44. The number of aromatic nitrogens is 1. The minimum absolute atomic E-state index is 0.620. The highest BCUT2D eigenvalue weighted by atomic mass is 15.1. The van der Waals surface area contributed by atoms with Crippen LogP contribution in [0.25, 0.3) is 0 Å². The quantitative estimate of drug-likeness (QED) is 0.764. The van der Waals surface area contributed by atoms with Crippen molar-refractivity contribution < 1.29 is 0 Å². The molecule has 1 unspecified atom stereocenters. The van der Waals surface area contributed by atoms with Crippen LogP contribution in [-0.2, 0) is 6.54 Å². The Morgan fingerprint density at radius 3 is 2.78 bits per heavy atom. The second-order valence-corrected chi connectivity index (χ2v) is 4.99. The van der Waals surface area contributed by atoms with Gasteiger partial charge in [0.1, 0.15) is 5.82 Å². The molecule has 0 fully saturated rings. The van der Waals surface area contributed by atoms with Crippen LogP contribution in [-0.4, -0.2) is 29.5 Å². The van der Waals surface area contributed by atoms with Gasteiger partial charge in [-0.1, -0.05) is 26.3 Å². The Kier molecular flexibility index (Phi) is 6.73. The van der Waals surface area contributed by atoms with E-state index in [0.717, 1.165) is 25.3 Å². The maximum absolute atomic E-state index is 4.44. The molecular weight excluding hydrogens is 222 g/mol. The Morgan fingerprint density at radius 1 is 1.33 bits per heavy atom. The molecule has 18 heavy (non-hydrogen) atoms. The first-order chi connectivity index (χ1) is 8.69. The molecule has 0 saturated heterocycles. The Labute approximate surface area is 112 Å². The molecule has 0 radical (unpaired) electrons. The number of anilines is 1. The zero-order valence-corrected chi connectivity index (χ0v) is 12.2. The molecule has 0 aliphatic rings. The topological polar surface area (TPSA) is 28.2 Å². The summed E-state index contributed by atoms with van der Waals surface area (Å²) in [7, 11) is 2.19. The second kappa shape index (κ2) is 8.09. The first-order valence-electron chi connectivity index (χ1n) is 7.07. The molecule has 0 spiro atoms. The predicted octanol–water partition coefficient (Wildman–Crippen LogP) is 3.52. The van der Waals surface area contributed by atoms with Gasteiger partial charge >= 0.3 is 0 Å². The highest BCUT2D eigenvalue weighted by Gasteiger charge is 2.11. The van der Waals surface area contributed by atoms with Gasteiger partial charge in [-0.3, -0.25) is 4.90 Å². The van der Waals surface area contributed by atoms with Crippen molar-refractivity contribution in [3.63, 3.8) is 0 Å². The van der Waals surface area contributed by atoms with Crippen LogP contribution in [0.3, 0.4) is 0 Å². The van der Waals surface area contributed by atoms with Crippen LogP contribution in [0.5, 0.6) is 0 Å². The summed E-state index contributed by atoms with van der Waals surface area (Å²) >= 11 is 0. The fraction of sp³-hybridized carbons (Fsp3) is 0.667. The molecule has 1 heterocycles. The van der Waals surface area contributed by atoms with E-state index in [1.165, 1.54) is 18.4 Å². The molecule has 0 aliphatic carbocycles. The van der Waals surface area contributed by atoms with Crippen molar-refractivity contribution in [1.29, 1.82) is 0 Å². The molecule has 0 aliphatic heterocycles. The molecule has 3 nitrogen and oxygen atoms in total. The summed E-state index contributed by atoms with van der Waals surface area (Å²) in [5.74, 6) is 1.04. The Morgan fingerprint density at radius 2 is 2.11 bits per heavy atom. The predicted molar refractivity (Wildman–Crippen MR) is 78.9 cm³/mol. The molecule has 0 aromatic carbocycles. The summed E-state index contributed by atoms with van der Waals surface area (Å²) in [5.41, 5.74) is 1.29. The first kappa shape index (κ1) is 15.0. The molecule has 0 amide bonds. The van der Waals surface area contributed by atoms with E-state index in [1.54, 1.807) is 0 Å². The van der Waals surface area contributed by atoms with Gasteiger partial charge in [0, 0.05) is 30.9 Å². The third kappa shape index (κ3) is 4.65. The number of rotatable bonds is 8. The van der Waals surface area contributed by atoms with Crippen LogP contribution in [0.1, 0.15) is 45.6 Å². The molecule has 1 aromatic heterocycles. The number of hydrogen-bond acceptors (Lipinski definition) is 3. The van der Waals surface area contributed by atoms with Gasteiger partial charge in [-0.15, -0.1) is 0 Å². The van der Waals surface area contributed by atoms with Gasteiger partial charge in [0.2, 0.25) is 0 Å². The molecule has 1 atom stereocenters. The normalized spacial score (nSPS) is 12.7. The standard InChI is InChI=1S/C15H27N3/c1-5-8-13(3)18(4)12-14-9-7-11-17-15(14)16-10-6-2/h7,9,11,13H,5-6,8,10,12H2,1-4H3,(H,16,17). The number of hydrogen-bond donors (Lipinski definition) is 1. The average molecular weight is 249 g/mol. The van der Waals surface area contributed by atoms with Crippen LogP contribution in [0.2, 0.25) is 0 Å². The van der Waals surface area contributed by atoms with Crippen LogP contribution in [0.4, 0.5) is 5.82 Å². The fourth-order valence-corrected chi connectivity index (χ4v) is 2.03. The van der Waals surface area contributed by atoms with Crippen LogP contribution in [0.15, 0.2) is 18.3 Å². The number of pyridine rings is 1. The Balaban J connectivity index is 2.65. The summed E-state index contributed by atoms with van der Waals surface area (Å²) in [6, 6.07) is 4.81. The summed E-state index contributed by atoms with van der Waals surface area (Å²) < 4.78 is 0. The van der Waals surface area contributed by atoms with Crippen molar-refractivity contribution in [2.45, 2.75) is 52.6 Å². The zero-order valence-electron chi connectivity index (χ0n) is 12.2. The van der Waals surface area contributed by atoms with E-state index in [2.05, 4.69) is 49.1 Å². The third-order valence-corrected chi connectivity index (χ3v) is 3.31. The lowest BCUT2D eigenvalue weighted by molar-refractivity contribution is 0.237. The monoisotopic (exact) mass is 249 g/mol. The molecule has 0 bridgehead atoms. The average Bonchev–Trinajstić information content (AvgIpc) is 2.38. The summed E-state index contributed by atoms with van der Waals surface area (Å²) in [6.07, 6.45) is 5.46. The van der Waals surface area contributed by atoms with Crippen molar-refractivity contribution in [2.24, 2.45) is 0 Å². The van der Waals surface area contributed by atoms with Gasteiger partial charge < -0.3 is 5.32 Å². The van der Waals surface area contributed by atoms with Crippen LogP contribution < -0.4 is 5.32 Å². The largest absolute Gasteiger partial charge is 0.370 e. The molecule has 102 valence electrons. The van der Waals surface area contributed by atoms with E-state index in [0.29, 0.717) is 6.04 Å². The van der Waals surface area contributed by atoms with Crippen molar-refractivity contribution in [2.75, 3.05) is 18.9 Å². The number of nitrogens with one attached hydrogen (secondary N) is 1. The highest BCUT2D eigenvalue weighted by molar-refractivity contribution is 5.43. The van der Waals surface area contributed by atoms with Gasteiger partial charge in [-0.05, 0) is 32.9 Å². The van der Waals surface area contributed by atoms with Crippen LogP contribution >= 0.6 is 0 Å². The SMILES string of the molecule is CCCNc1ncccc1CN(C)C(C)CCC. The van der Waals surface area contributed by atoms with E-state index in [-0.39, 0.29) is 0 Å². The maximum Gasteiger partial charge on any atom is 0.130 e. The lowest BCUT2D eigenvalue weighted by atomic mass is 10.1. The van der Waals surface area contributed by atoms with Gasteiger partial charge in [0.25, 0.3) is 0 Å². The summed E-state index contributed by atoms with van der Waals surface area (Å²) in [4.78, 5) is 6.84. The van der Waals surface area contributed by atoms with Gasteiger partial charge in [0.15, 0.2) is 0 Å². The zero-order chi connectivity index (χ0) is 13.4. The molecule has 1 rings (SSSR count). The van der Waals surface area contributed by atoms with Crippen molar-refractivity contribution >= 4 is 5.82 Å². The van der Waals surface area contributed by atoms with Crippen molar-refractivity contribution in [1.82, 2.24) is 9.88 Å². The van der Waals surface area contributed by atoms with E-state index in [4.69, 9.17) is 0 Å². The second-order valence-electron chi connectivity index (χ2n) is 4.99. The van der Waals surface area contributed by atoms with E-state index < -0.39 is 0 Å². The lowest BCUT2D eigenvalue weighted by Gasteiger charge is -2.25. The van der Waals surface area contributed by atoms with Crippen molar-refractivity contribution in [3.8, 4) is 0 Å². The van der Waals surface area contributed by atoms with E-state index >= 15 is 0 Å². The van der Waals surface area contributed by atoms with Gasteiger partial charge in [0.05, 0.1) is 0 Å². The fourth-order valence-electron chi connectivity index (χ4n) is 2.03. The molecular formula is C15H27N3. The molecule has 1 N–H and O–H groups in total. The number of nitrogens with zero attached hydrogens (tertiary/aromatic N) is 2. The molecule has 3 heteroatoms. The smallest absolute Gasteiger partial charge is 0.130 e. The Bertz CT molecular complexity index is 338. The molecule has 0 saturated carbocycles.